The molecule has 2 atom stereocenters. The van der Waals surface area contributed by atoms with Crippen molar-refractivity contribution in [3.8, 4) is 0 Å². The van der Waals surface area contributed by atoms with Crippen LogP contribution in [0.1, 0.15) is 51.8 Å². The fourth-order valence-electron chi connectivity index (χ4n) is 3.37. The lowest BCUT2D eigenvalue weighted by atomic mass is 9.88. The van der Waals surface area contributed by atoms with Gasteiger partial charge >= 0.3 is 0 Å². The van der Waals surface area contributed by atoms with Crippen LogP contribution in [0.25, 0.3) is 0 Å². The summed E-state index contributed by atoms with van der Waals surface area (Å²) in [6.45, 7) is 5.22. The summed E-state index contributed by atoms with van der Waals surface area (Å²) in [4.78, 5) is 11.4. The number of carbonyl (C=O) groups is 1. The Morgan fingerprint density at radius 3 is 2.58 bits per heavy atom. The fraction of sp³-hybridized carbons (Fsp3) is 0.263. The monoisotopic (exact) mass is 466 g/mol. The van der Waals surface area contributed by atoms with E-state index in [1.165, 1.54) is 18.2 Å². The van der Waals surface area contributed by atoms with E-state index in [1.807, 2.05) is 6.92 Å². The van der Waals surface area contributed by atoms with Crippen LogP contribution in [0.4, 0.5) is 4.39 Å². The summed E-state index contributed by atoms with van der Waals surface area (Å²) in [6.07, 6.45) is 0. The smallest absolute Gasteiger partial charge is 0.250 e. The van der Waals surface area contributed by atoms with Crippen molar-refractivity contribution in [1.29, 1.82) is 0 Å². The molecule has 12 heteroatoms. The molecule has 1 heterocycles. The van der Waals surface area contributed by atoms with E-state index in [1.54, 1.807) is 19.9 Å². The van der Waals surface area contributed by atoms with Crippen molar-refractivity contribution in [1.82, 2.24) is 25.3 Å². The second kappa shape index (κ2) is 8.69. The molecule has 1 amide bonds. The molecule has 0 aliphatic rings. The van der Waals surface area contributed by atoms with Crippen molar-refractivity contribution in [3.63, 3.8) is 0 Å². The Hall–Kier alpha value is -2.89. The third kappa shape index (κ3) is 4.58. The number of aromatic nitrogens is 4. The van der Waals surface area contributed by atoms with Gasteiger partial charge in [-0.3, -0.25) is 4.79 Å². The molecular formula is C19H20ClFN6O3S. The number of nitrogens with one attached hydrogen (secondary N) is 2. The summed E-state index contributed by atoms with van der Waals surface area (Å²) in [7, 11) is -4.32. The van der Waals surface area contributed by atoms with Crippen LogP contribution in [0.3, 0.4) is 0 Å². The Morgan fingerprint density at radius 1 is 1.26 bits per heavy atom. The van der Waals surface area contributed by atoms with Crippen molar-refractivity contribution in [2.45, 2.75) is 37.6 Å². The molecule has 0 aliphatic carbocycles. The van der Waals surface area contributed by atoms with Crippen LogP contribution < -0.4 is 10.5 Å². The highest BCUT2D eigenvalue weighted by Gasteiger charge is 2.34. The molecule has 3 rings (SSSR count). The van der Waals surface area contributed by atoms with Gasteiger partial charge in [-0.1, -0.05) is 29.8 Å². The van der Waals surface area contributed by atoms with Gasteiger partial charge in [-0.15, -0.1) is 10.2 Å². The van der Waals surface area contributed by atoms with E-state index >= 15 is 0 Å². The van der Waals surface area contributed by atoms with Crippen LogP contribution in [-0.2, 0) is 10.0 Å². The van der Waals surface area contributed by atoms with Gasteiger partial charge in [-0.2, -0.15) is 9.94 Å². The third-order valence-corrected chi connectivity index (χ3v) is 6.84. The summed E-state index contributed by atoms with van der Waals surface area (Å²) < 4.78 is 43.6. The van der Waals surface area contributed by atoms with Gasteiger partial charge < -0.3 is 5.73 Å². The standard InChI is InChI=1S/C19H20ClFN6O3S/c1-9-4-6-14(21)16(10(9)2)11(3)17(19-23-26-27-24-19)25-31(29,30)15-7-5-12(20)8-13(15)18(22)28/h4-8,11,17,25H,1-3H3,(H2,22,28)(H,23,24,26,27). The van der Waals surface area contributed by atoms with Crippen LogP contribution in [-0.4, -0.2) is 34.9 Å². The molecule has 0 bridgehead atoms. The highest BCUT2D eigenvalue weighted by molar-refractivity contribution is 7.89. The van der Waals surface area contributed by atoms with Gasteiger partial charge in [0.05, 0.1) is 16.5 Å². The van der Waals surface area contributed by atoms with E-state index in [0.29, 0.717) is 11.1 Å². The Balaban J connectivity index is 2.11. The Bertz CT molecular complexity index is 1230. The number of halogens is 2. The average molecular weight is 467 g/mol. The molecule has 1 aromatic heterocycles. The number of rotatable bonds is 7. The van der Waals surface area contributed by atoms with E-state index in [-0.39, 0.29) is 21.3 Å². The third-order valence-electron chi connectivity index (χ3n) is 5.11. The van der Waals surface area contributed by atoms with E-state index < -0.39 is 33.7 Å². The van der Waals surface area contributed by atoms with Crippen LogP contribution >= 0.6 is 11.6 Å². The number of sulfonamides is 1. The number of benzene rings is 2. The summed E-state index contributed by atoms with van der Waals surface area (Å²) in [5, 5.41) is 13.7. The first kappa shape index (κ1) is 22.8. The maximum Gasteiger partial charge on any atom is 0.250 e. The lowest BCUT2D eigenvalue weighted by molar-refractivity contribution is 0.0997. The molecule has 0 saturated heterocycles. The first-order valence-corrected chi connectivity index (χ1v) is 11.0. The normalized spacial score (nSPS) is 13.7. The van der Waals surface area contributed by atoms with Crippen LogP contribution in [0.15, 0.2) is 35.2 Å². The molecule has 0 saturated carbocycles. The van der Waals surface area contributed by atoms with Gasteiger partial charge in [-0.25, -0.2) is 12.8 Å². The summed E-state index contributed by atoms with van der Waals surface area (Å²) in [5.41, 5.74) is 6.87. The van der Waals surface area contributed by atoms with E-state index in [9.17, 15) is 17.6 Å². The van der Waals surface area contributed by atoms with E-state index in [4.69, 9.17) is 17.3 Å². The molecule has 0 fully saturated rings. The molecule has 31 heavy (non-hydrogen) atoms. The van der Waals surface area contributed by atoms with Gasteiger partial charge in [0.2, 0.25) is 15.9 Å². The minimum absolute atomic E-state index is 0.00553. The molecular weight excluding hydrogens is 447 g/mol. The minimum Gasteiger partial charge on any atom is -0.366 e. The predicted molar refractivity (Wildman–Crippen MR) is 111 cm³/mol. The molecule has 2 aromatic carbocycles. The molecule has 0 radical (unpaired) electrons. The van der Waals surface area contributed by atoms with Crippen LogP contribution in [0.2, 0.25) is 5.02 Å². The molecule has 9 nitrogen and oxygen atoms in total. The van der Waals surface area contributed by atoms with E-state index in [0.717, 1.165) is 11.6 Å². The van der Waals surface area contributed by atoms with Crippen molar-refractivity contribution in [2.75, 3.05) is 0 Å². The van der Waals surface area contributed by atoms with Crippen molar-refractivity contribution in [3.05, 3.63) is 69.2 Å². The first-order chi connectivity index (χ1) is 14.5. The van der Waals surface area contributed by atoms with Crippen molar-refractivity contribution < 1.29 is 17.6 Å². The van der Waals surface area contributed by atoms with Crippen LogP contribution in [0.5, 0.6) is 0 Å². The molecule has 2 unspecified atom stereocenters. The average Bonchev–Trinajstić information content (AvgIpc) is 3.23. The number of hydrogen-bond acceptors (Lipinski definition) is 6. The van der Waals surface area contributed by atoms with Gasteiger partial charge in [0.1, 0.15) is 5.82 Å². The molecule has 4 N–H and O–H groups in total. The quantitative estimate of drug-likeness (QED) is 0.488. The predicted octanol–water partition coefficient (Wildman–Crippen LogP) is 2.53. The summed E-state index contributed by atoms with van der Waals surface area (Å²) in [6, 6.07) is 5.51. The largest absolute Gasteiger partial charge is 0.366 e. The van der Waals surface area contributed by atoms with Gasteiger partial charge in [0.25, 0.3) is 0 Å². The number of hydrogen-bond donors (Lipinski definition) is 3. The molecule has 3 aromatic rings. The van der Waals surface area contributed by atoms with Gasteiger partial charge in [-0.05, 0) is 54.8 Å². The first-order valence-electron chi connectivity index (χ1n) is 9.13. The Morgan fingerprint density at radius 2 is 1.97 bits per heavy atom. The number of nitrogens with two attached hydrogens (primary N) is 1. The molecule has 0 aliphatic heterocycles. The fourth-order valence-corrected chi connectivity index (χ4v) is 5.01. The number of primary amides is 1. The maximum absolute atomic E-state index is 14.7. The highest BCUT2D eigenvalue weighted by Crippen LogP contribution is 2.35. The SMILES string of the molecule is Cc1ccc(F)c(C(C)C(NS(=O)(=O)c2ccc(Cl)cc2C(N)=O)c2nn[nH]n2)c1C. The molecule has 164 valence electrons. The number of amides is 1. The zero-order chi connectivity index (χ0) is 22.9. The number of tetrazole rings is 1. The lowest BCUT2D eigenvalue weighted by Gasteiger charge is -2.25. The van der Waals surface area contributed by atoms with Gasteiger partial charge in [0, 0.05) is 10.9 Å². The minimum atomic E-state index is -4.32. The van der Waals surface area contributed by atoms with E-state index in [2.05, 4.69) is 25.3 Å². The number of nitrogens with zero attached hydrogens (tertiary/aromatic N) is 3. The van der Waals surface area contributed by atoms with Crippen molar-refractivity contribution in [2.24, 2.45) is 5.73 Å². The van der Waals surface area contributed by atoms with Gasteiger partial charge in [0.15, 0.2) is 5.82 Å². The second-order valence-corrected chi connectivity index (χ2v) is 9.18. The number of carbonyl (C=O) groups excluding carboxylic acids is 1. The maximum atomic E-state index is 14.7. The topological polar surface area (TPSA) is 144 Å². The Kier molecular flexibility index (Phi) is 6.39. The Labute approximate surface area is 183 Å². The molecule has 0 spiro atoms. The van der Waals surface area contributed by atoms with Crippen molar-refractivity contribution >= 4 is 27.5 Å². The highest BCUT2D eigenvalue weighted by atomic mass is 35.5. The summed E-state index contributed by atoms with van der Waals surface area (Å²) in [5.74, 6) is -2.18. The second-order valence-electron chi connectivity index (χ2n) is 7.07. The number of H-pyrrole nitrogens is 1. The summed E-state index contributed by atoms with van der Waals surface area (Å²) >= 11 is 5.88. The van der Waals surface area contributed by atoms with Crippen LogP contribution in [0, 0.1) is 19.7 Å². The number of aryl methyl sites for hydroxylation is 1. The zero-order valence-electron chi connectivity index (χ0n) is 16.8. The zero-order valence-corrected chi connectivity index (χ0v) is 18.4. The lowest BCUT2D eigenvalue weighted by Crippen LogP contribution is -2.34. The number of aromatic amines is 1.